The summed E-state index contributed by atoms with van der Waals surface area (Å²) in [6.07, 6.45) is 4.94. The molecule has 0 spiro atoms. The van der Waals surface area contributed by atoms with E-state index in [1.165, 1.54) is 5.69 Å². The third-order valence-corrected chi connectivity index (χ3v) is 4.12. The Kier molecular flexibility index (Phi) is 3.96. The SMILES string of the molecule is C/C=C\CNc1nn(C2COC2)c2c1CN(C(C)=O)CC2. The Morgan fingerprint density at radius 2 is 2.33 bits per heavy atom. The number of nitrogens with zero attached hydrogens (tertiary/aromatic N) is 3. The van der Waals surface area contributed by atoms with Gasteiger partial charge < -0.3 is 15.0 Å². The van der Waals surface area contributed by atoms with E-state index in [4.69, 9.17) is 9.84 Å². The van der Waals surface area contributed by atoms with Gasteiger partial charge in [0.05, 0.1) is 25.8 Å². The molecule has 0 saturated carbocycles. The monoisotopic (exact) mass is 290 g/mol. The number of hydrogen-bond acceptors (Lipinski definition) is 4. The first kappa shape index (κ1) is 14.1. The summed E-state index contributed by atoms with van der Waals surface area (Å²) in [5.41, 5.74) is 2.41. The van der Waals surface area contributed by atoms with Crippen LogP contribution in [-0.2, 0) is 22.5 Å². The highest BCUT2D eigenvalue weighted by molar-refractivity contribution is 5.74. The molecule has 0 unspecified atom stereocenters. The van der Waals surface area contributed by atoms with Crippen LogP contribution < -0.4 is 5.32 Å². The van der Waals surface area contributed by atoms with Crippen molar-refractivity contribution >= 4 is 11.7 Å². The van der Waals surface area contributed by atoms with Crippen molar-refractivity contribution in [1.82, 2.24) is 14.7 Å². The molecule has 0 bridgehead atoms. The van der Waals surface area contributed by atoms with E-state index < -0.39 is 0 Å². The summed E-state index contributed by atoms with van der Waals surface area (Å²) in [5, 5.41) is 8.09. The number of hydrogen-bond donors (Lipinski definition) is 1. The minimum atomic E-state index is 0.125. The van der Waals surface area contributed by atoms with E-state index in [-0.39, 0.29) is 5.91 Å². The maximum absolute atomic E-state index is 11.6. The number of amides is 1. The first-order valence-corrected chi connectivity index (χ1v) is 7.49. The van der Waals surface area contributed by atoms with E-state index >= 15 is 0 Å². The van der Waals surface area contributed by atoms with Crippen LogP contribution >= 0.6 is 0 Å². The molecule has 6 heteroatoms. The number of carbonyl (C=O) groups is 1. The minimum absolute atomic E-state index is 0.125. The number of nitrogens with one attached hydrogen (secondary N) is 1. The Morgan fingerprint density at radius 1 is 1.52 bits per heavy atom. The summed E-state index contributed by atoms with van der Waals surface area (Å²) >= 11 is 0. The van der Waals surface area contributed by atoms with Crippen LogP contribution in [-0.4, -0.2) is 46.9 Å². The zero-order valence-electron chi connectivity index (χ0n) is 12.6. The molecule has 2 aliphatic heterocycles. The first-order chi connectivity index (χ1) is 10.2. The molecule has 0 atom stereocenters. The van der Waals surface area contributed by atoms with Crippen molar-refractivity contribution in [3.05, 3.63) is 23.4 Å². The van der Waals surface area contributed by atoms with Crippen LogP contribution in [0.2, 0.25) is 0 Å². The lowest BCUT2D eigenvalue weighted by atomic mass is 10.1. The molecule has 3 heterocycles. The topological polar surface area (TPSA) is 59.4 Å². The number of rotatable bonds is 4. The summed E-state index contributed by atoms with van der Waals surface area (Å²) in [4.78, 5) is 13.5. The second-order valence-corrected chi connectivity index (χ2v) is 5.55. The number of aromatic nitrogens is 2. The van der Waals surface area contributed by atoms with Crippen LogP contribution in [0.3, 0.4) is 0 Å². The van der Waals surface area contributed by atoms with E-state index in [2.05, 4.69) is 16.1 Å². The number of fused-ring (bicyclic) bond motifs is 1. The summed E-state index contributed by atoms with van der Waals surface area (Å²) < 4.78 is 7.40. The van der Waals surface area contributed by atoms with E-state index in [9.17, 15) is 4.79 Å². The highest BCUT2D eigenvalue weighted by atomic mass is 16.5. The summed E-state index contributed by atoms with van der Waals surface area (Å²) in [6.45, 7) is 7.27. The molecule has 1 saturated heterocycles. The molecule has 1 N–H and O–H groups in total. The lowest BCUT2D eigenvalue weighted by Gasteiger charge is -2.31. The normalized spacial score (nSPS) is 18.7. The standard InChI is InChI=1S/C15H22N4O2/c1-3-4-6-16-15-13-8-18(11(2)20)7-5-14(13)19(17-15)12-9-21-10-12/h3-4,12H,5-10H2,1-2H3,(H,16,17)/b4-3-. The van der Waals surface area contributed by atoms with E-state index in [0.717, 1.165) is 44.1 Å². The molecule has 21 heavy (non-hydrogen) atoms. The quantitative estimate of drug-likeness (QED) is 0.850. The molecular formula is C15H22N4O2. The van der Waals surface area contributed by atoms with Crippen LogP contribution in [0.4, 0.5) is 5.82 Å². The summed E-state index contributed by atoms with van der Waals surface area (Å²) in [7, 11) is 0. The largest absolute Gasteiger partial charge is 0.377 e. The van der Waals surface area contributed by atoms with Crippen molar-refractivity contribution < 1.29 is 9.53 Å². The van der Waals surface area contributed by atoms with E-state index in [0.29, 0.717) is 12.6 Å². The fourth-order valence-corrected chi connectivity index (χ4v) is 2.80. The zero-order chi connectivity index (χ0) is 14.8. The average molecular weight is 290 g/mol. The van der Waals surface area contributed by atoms with E-state index in [1.807, 2.05) is 17.9 Å². The minimum Gasteiger partial charge on any atom is -0.377 e. The van der Waals surface area contributed by atoms with Crippen molar-refractivity contribution in [3.8, 4) is 0 Å². The van der Waals surface area contributed by atoms with E-state index in [1.54, 1.807) is 6.92 Å². The van der Waals surface area contributed by atoms with Gasteiger partial charge in [-0.3, -0.25) is 9.48 Å². The number of anilines is 1. The maximum Gasteiger partial charge on any atom is 0.219 e. The molecule has 1 amide bonds. The molecule has 1 fully saturated rings. The molecular weight excluding hydrogens is 268 g/mol. The molecule has 114 valence electrons. The number of ether oxygens (including phenoxy) is 1. The van der Waals surface area contributed by atoms with Gasteiger partial charge in [-0.25, -0.2) is 0 Å². The molecule has 3 rings (SSSR count). The highest BCUT2D eigenvalue weighted by Crippen LogP contribution is 2.30. The van der Waals surface area contributed by atoms with Gasteiger partial charge in [0.15, 0.2) is 5.82 Å². The van der Waals surface area contributed by atoms with Gasteiger partial charge in [-0.2, -0.15) is 5.10 Å². The molecule has 1 aromatic heterocycles. The van der Waals surface area contributed by atoms with Crippen LogP contribution in [0, 0.1) is 0 Å². The first-order valence-electron chi connectivity index (χ1n) is 7.49. The van der Waals surface area contributed by atoms with Crippen molar-refractivity contribution in [2.24, 2.45) is 0 Å². The van der Waals surface area contributed by atoms with Crippen LogP contribution in [0.15, 0.2) is 12.2 Å². The fraction of sp³-hybridized carbons (Fsp3) is 0.600. The predicted molar refractivity (Wildman–Crippen MR) is 80.2 cm³/mol. The average Bonchev–Trinajstić information content (AvgIpc) is 2.76. The van der Waals surface area contributed by atoms with Gasteiger partial charge in [0.1, 0.15) is 0 Å². The van der Waals surface area contributed by atoms with Crippen molar-refractivity contribution in [2.75, 3.05) is 31.6 Å². The third-order valence-electron chi connectivity index (χ3n) is 4.12. The molecule has 1 aromatic rings. The molecule has 6 nitrogen and oxygen atoms in total. The molecule has 0 aromatic carbocycles. The summed E-state index contributed by atoms with van der Waals surface area (Å²) in [5.74, 6) is 1.03. The number of allylic oxidation sites excluding steroid dienone is 1. The van der Waals surface area contributed by atoms with Gasteiger partial charge in [0.25, 0.3) is 0 Å². The van der Waals surface area contributed by atoms with Gasteiger partial charge in [-0.1, -0.05) is 12.2 Å². The van der Waals surface area contributed by atoms with Gasteiger partial charge in [0, 0.05) is 37.7 Å². The molecule has 2 aliphatic rings. The van der Waals surface area contributed by atoms with Gasteiger partial charge in [-0.05, 0) is 6.92 Å². The lowest BCUT2D eigenvalue weighted by molar-refractivity contribution is -0.129. The molecule has 0 aliphatic carbocycles. The zero-order valence-corrected chi connectivity index (χ0v) is 12.6. The predicted octanol–water partition coefficient (Wildman–Crippen LogP) is 1.35. The van der Waals surface area contributed by atoms with Gasteiger partial charge in [-0.15, -0.1) is 0 Å². The lowest BCUT2D eigenvalue weighted by Crippen LogP contribution is -2.37. The molecule has 0 radical (unpaired) electrons. The Balaban J connectivity index is 1.88. The third kappa shape index (κ3) is 2.68. The second-order valence-electron chi connectivity index (χ2n) is 5.55. The maximum atomic E-state index is 11.6. The smallest absolute Gasteiger partial charge is 0.219 e. The van der Waals surface area contributed by atoms with Crippen LogP contribution in [0.5, 0.6) is 0 Å². The van der Waals surface area contributed by atoms with Gasteiger partial charge in [0.2, 0.25) is 5.91 Å². The Hall–Kier alpha value is -1.82. The van der Waals surface area contributed by atoms with Crippen molar-refractivity contribution in [2.45, 2.75) is 32.9 Å². The Labute approximate surface area is 124 Å². The number of carbonyl (C=O) groups excluding carboxylic acids is 1. The summed E-state index contributed by atoms with van der Waals surface area (Å²) in [6, 6.07) is 0.347. The Bertz CT molecular complexity index is 560. The Morgan fingerprint density at radius 3 is 2.95 bits per heavy atom. The van der Waals surface area contributed by atoms with Gasteiger partial charge >= 0.3 is 0 Å². The highest BCUT2D eigenvalue weighted by Gasteiger charge is 2.31. The van der Waals surface area contributed by atoms with Crippen molar-refractivity contribution in [1.29, 1.82) is 0 Å². The van der Waals surface area contributed by atoms with Crippen LogP contribution in [0.1, 0.15) is 31.1 Å². The van der Waals surface area contributed by atoms with Crippen molar-refractivity contribution in [3.63, 3.8) is 0 Å². The van der Waals surface area contributed by atoms with Crippen LogP contribution in [0.25, 0.3) is 0 Å². The second kappa shape index (κ2) is 5.89. The fourth-order valence-electron chi connectivity index (χ4n) is 2.80.